The van der Waals surface area contributed by atoms with Crippen LogP contribution in [0.1, 0.15) is 40.0 Å². The molecule has 0 spiro atoms. The molecule has 0 aliphatic carbocycles. The van der Waals surface area contributed by atoms with E-state index in [1.165, 1.54) is 11.1 Å². The van der Waals surface area contributed by atoms with Crippen LogP contribution in [0.5, 0.6) is 0 Å². The minimum Gasteiger partial charge on any atom is -0.364 e. The molecule has 0 saturated carbocycles. The smallest absolute Gasteiger partial charge is 0.255 e. The van der Waals surface area contributed by atoms with Crippen molar-refractivity contribution in [3.05, 3.63) is 89.1 Å². The first-order valence-corrected chi connectivity index (χ1v) is 8.69. The number of nitrogens with one attached hydrogen (secondary N) is 2. The summed E-state index contributed by atoms with van der Waals surface area (Å²) in [4.78, 5) is 16.8. The zero-order chi connectivity index (χ0) is 18.5. The van der Waals surface area contributed by atoms with Gasteiger partial charge in [-0.3, -0.25) is 4.79 Å². The first kappa shape index (κ1) is 17.7. The number of rotatable bonds is 5. The maximum Gasteiger partial charge on any atom is 0.255 e. The number of carbonyl (C=O) groups excluding carboxylic acids is 1. The Hall–Kier alpha value is -3.14. The quantitative estimate of drug-likeness (QED) is 0.674. The minimum atomic E-state index is -0.131. The van der Waals surface area contributed by atoms with Crippen molar-refractivity contribution in [1.82, 2.24) is 4.98 Å². The largest absolute Gasteiger partial charge is 0.364 e. The molecular weight excluding hydrogens is 322 g/mol. The van der Waals surface area contributed by atoms with E-state index in [4.69, 9.17) is 0 Å². The first-order valence-electron chi connectivity index (χ1n) is 8.69. The number of aryl methyl sites for hydroxylation is 2. The Morgan fingerprint density at radius 3 is 2.38 bits per heavy atom. The molecule has 4 nitrogen and oxygen atoms in total. The van der Waals surface area contributed by atoms with Gasteiger partial charge in [-0.2, -0.15) is 0 Å². The Morgan fingerprint density at radius 1 is 0.962 bits per heavy atom. The maximum absolute atomic E-state index is 12.4. The zero-order valence-corrected chi connectivity index (χ0v) is 15.3. The van der Waals surface area contributed by atoms with Crippen LogP contribution in [0.4, 0.5) is 11.5 Å². The molecular formula is C22H23N3O. The summed E-state index contributed by atoms with van der Waals surface area (Å²) in [6.07, 6.45) is 1.67. The molecule has 4 heteroatoms. The van der Waals surface area contributed by atoms with Crippen LogP contribution in [-0.4, -0.2) is 10.9 Å². The Kier molecular flexibility index (Phi) is 5.32. The molecule has 1 atom stereocenters. The van der Waals surface area contributed by atoms with Crippen molar-refractivity contribution in [3.8, 4) is 0 Å². The van der Waals surface area contributed by atoms with Gasteiger partial charge in [0.1, 0.15) is 5.82 Å². The van der Waals surface area contributed by atoms with E-state index in [2.05, 4.69) is 34.7 Å². The first-order chi connectivity index (χ1) is 12.5. The highest BCUT2D eigenvalue weighted by Crippen LogP contribution is 2.19. The lowest BCUT2D eigenvalue weighted by Gasteiger charge is -2.15. The average molecular weight is 345 g/mol. The van der Waals surface area contributed by atoms with Gasteiger partial charge in [0.25, 0.3) is 5.91 Å². The summed E-state index contributed by atoms with van der Waals surface area (Å²) < 4.78 is 0. The van der Waals surface area contributed by atoms with Gasteiger partial charge in [-0.05, 0) is 61.7 Å². The number of pyridine rings is 1. The number of amides is 1. The summed E-state index contributed by atoms with van der Waals surface area (Å²) in [6, 6.07) is 19.8. The minimum absolute atomic E-state index is 0.131. The molecule has 1 aromatic heterocycles. The number of nitrogens with zero attached hydrogens (tertiary/aromatic N) is 1. The van der Waals surface area contributed by atoms with Crippen molar-refractivity contribution in [2.45, 2.75) is 26.8 Å². The Morgan fingerprint density at radius 2 is 1.73 bits per heavy atom. The molecule has 0 radical (unpaired) electrons. The second kappa shape index (κ2) is 7.83. The normalized spacial score (nSPS) is 11.7. The molecule has 26 heavy (non-hydrogen) atoms. The third-order valence-corrected chi connectivity index (χ3v) is 4.45. The van der Waals surface area contributed by atoms with Crippen molar-refractivity contribution in [2.75, 3.05) is 10.6 Å². The third-order valence-electron chi connectivity index (χ3n) is 4.45. The van der Waals surface area contributed by atoms with Crippen LogP contribution in [-0.2, 0) is 0 Å². The van der Waals surface area contributed by atoms with E-state index < -0.39 is 0 Å². The van der Waals surface area contributed by atoms with Crippen molar-refractivity contribution in [2.24, 2.45) is 0 Å². The van der Waals surface area contributed by atoms with Crippen LogP contribution >= 0.6 is 0 Å². The summed E-state index contributed by atoms with van der Waals surface area (Å²) >= 11 is 0. The molecule has 132 valence electrons. The molecule has 0 aliphatic heterocycles. The van der Waals surface area contributed by atoms with Crippen molar-refractivity contribution < 1.29 is 4.79 Å². The lowest BCUT2D eigenvalue weighted by atomic mass is 10.1. The van der Waals surface area contributed by atoms with Gasteiger partial charge in [0.15, 0.2) is 0 Å². The van der Waals surface area contributed by atoms with Crippen LogP contribution in [0.3, 0.4) is 0 Å². The van der Waals surface area contributed by atoms with Crippen LogP contribution in [0.15, 0.2) is 66.9 Å². The van der Waals surface area contributed by atoms with Gasteiger partial charge in [-0.1, -0.05) is 36.4 Å². The highest BCUT2D eigenvalue weighted by Gasteiger charge is 2.09. The van der Waals surface area contributed by atoms with E-state index in [0.717, 1.165) is 11.4 Å². The number of benzene rings is 2. The maximum atomic E-state index is 12.4. The van der Waals surface area contributed by atoms with Crippen LogP contribution in [0.2, 0.25) is 0 Å². The number of aromatic nitrogens is 1. The Balaban J connectivity index is 1.64. The van der Waals surface area contributed by atoms with Gasteiger partial charge < -0.3 is 10.6 Å². The number of hydrogen-bond donors (Lipinski definition) is 2. The van der Waals surface area contributed by atoms with Crippen LogP contribution in [0.25, 0.3) is 0 Å². The summed E-state index contributed by atoms with van der Waals surface area (Å²) in [6.45, 7) is 6.12. The SMILES string of the molecule is Cc1ccc(C(=O)Nc2ccc(NC(C)c3ccccc3)nc2)cc1C. The molecule has 1 unspecified atom stereocenters. The molecule has 2 aromatic carbocycles. The lowest BCUT2D eigenvalue weighted by molar-refractivity contribution is 0.102. The zero-order valence-electron chi connectivity index (χ0n) is 15.3. The molecule has 1 amide bonds. The Bertz CT molecular complexity index is 889. The molecule has 3 aromatic rings. The molecule has 0 fully saturated rings. The fraction of sp³-hybridized carbons (Fsp3) is 0.182. The fourth-order valence-electron chi connectivity index (χ4n) is 2.69. The summed E-state index contributed by atoms with van der Waals surface area (Å²) in [7, 11) is 0. The molecule has 0 bridgehead atoms. The second-order valence-electron chi connectivity index (χ2n) is 6.46. The third kappa shape index (κ3) is 4.28. The van der Waals surface area contributed by atoms with E-state index >= 15 is 0 Å². The van der Waals surface area contributed by atoms with E-state index in [0.29, 0.717) is 11.3 Å². The molecule has 0 saturated heterocycles. The van der Waals surface area contributed by atoms with Gasteiger partial charge >= 0.3 is 0 Å². The fourth-order valence-corrected chi connectivity index (χ4v) is 2.69. The van der Waals surface area contributed by atoms with Gasteiger partial charge in [-0.25, -0.2) is 4.98 Å². The summed E-state index contributed by atoms with van der Waals surface area (Å²) in [5, 5.41) is 6.25. The monoisotopic (exact) mass is 345 g/mol. The molecule has 3 rings (SSSR count). The average Bonchev–Trinajstić information content (AvgIpc) is 2.66. The van der Waals surface area contributed by atoms with Crippen molar-refractivity contribution in [3.63, 3.8) is 0 Å². The number of anilines is 2. The topological polar surface area (TPSA) is 54.0 Å². The van der Waals surface area contributed by atoms with Crippen LogP contribution in [0, 0.1) is 13.8 Å². The summed E-state index contributed by atoms with van der Waals surface area (Å²) in [5.41, 5.74) is 4.79. The highest BCUT2D eigenvalue weighted by molar-refractivity contribution is 6.04. The summed E-state index contributed by atoms with van der Waals surface area (Å²) in [5.74, 6) is 0.638. The van der Waals surface area contributed by atoms with Crippen LogP contribution < -0.4 is 10.6 Å². The standard InChI is InChI=1S/C22H23N3O/c1-15-9-10-19(13-16(15)2)22(26)25-20-11-12-21(23-14-20)24-17(3)18-7-5-4-6-8-18/h4-14,17H,1-3H3,(H,23,24)(H,25,26). The molecule has 1 heterocycles. The predicted octanol–water partition coefficient (Wildman–Crippen LogP) is 5.12. The predicted molar refractivity (Wildman–Crippen MR) is 107 cm³/mol. The molecule has 0 aliphatic rings. The molecule has 2 N–H and O–H groups in total. The van der Waals surface area contributed by atoms with Gasteiger partial charge in [-0.15, -0.1) is 0 Å². The highest BCUT2D eigenvalue weighted by atomic mass is 16.1. The number of hydrogen-bond acceptors (Lipinski definition) is 3. The Labute approximate surface area is 154 Å². The lowest BCUT2D eigenvalue weighted by Crippen LogP contribution is -2.13. The van der Waals surface area contributed by atoms with E-state index in [-0.39, 0.29) is 11.9 Å². The van der Waals surface area contributed by atoms with E-state index in [9.17, 15) is 4.79 Å². The van der Waals surface area contributed by atoms with Crippen molar-refractivity contribution >= 4 is 17.4 Å². The van der Waals surface area contributed by atoms with Gasteiger partial charge in [0.05, 0.1) is 11.9 Å². The van der Waals surface area contributed by atoms with Crippen molar-refractivity contribution in [1.29, 1.82) is 0 Å². The number of carbonyl (C=O) groups is 1. The van der Waals surface area contributed by atoms with Gasteiger partial charge in [0.2, 0.25) is 0 Å². The van der Waals surface area contributed by atoms with Gasteiger partial charge in [0, 0.05) is 11.6 Å². The van der Waals surface area contributed by atoms with E-state index in [1.807, 2.05) is 62.4 Å². The van der Waals surface area contributed by atoms with E-state index in [1.54, 1.807) is 6.20 Å². The second-order valence-corrected chi connectivity index (χ2v) is 6.46.